The van der Waals surface area contributed by atoms with E-state index in [0.29, 0.717) is 56.0 Å². The molecule has 0 aromatic carbocycles. The highest BCUT2D eigenvalue weighted by molar-refractivity contribution is 5.81. The smallest absolute Gasteiger partial charge is 0.248 e. The van der Waals surface area contributed by atoms with Crippen molar-refractivity contribution in [2.24, 2.45) is 0 Å². The van der Waals surface area contributed by atoms with Crippen LogP contribution in [0, 0.1) is 0 Å². The van der Waals surface area contributed by atoms with E-state index in [1.807, 2.05) is 24.3 Å². The average molecular weight is 695 g/mol. The van der Waals surface area contributed by atoms with E-state index in [-0.39, 0.29) is 68.3 Å². The highest BCUT2D eigenvalue weighted by Gasteiger charge is 2.28. The van der Waals surface area contributed by atoms with Gasteiger partial charge in [-0.3, -0.25) is 4.79 Å². The summed E-state index contributed by atoms with van der Waals surface area (Å²) in [7, 11) is 0. The van der Waals surface area contributed by atoms with Gasteiger partial charge in [-0.2, -0.15) is 0 Å². The number of carbonyl (C=O) groups excluding carboxylic acids is 4. The summed E-state index contributed by atoms with van der Waals surface area (Å²) >= 11 is 0. The quantitative estimate of drug-likeness (QED) is 0.0814. The van der Waals surface area contributed by atoms with Gasteiger partial charge in [0.05, 0.1) is 5.56 Å². The first kappa shape index (κ1) is 44.9. The summed E-state index contributed by atoms with van der Waals surface area (Å²) in [4.78, 5) is 54.3. The maximum atomic E-state index is 13.5. The van der Waals surface area contributed by atoms with Crippen molar-refractivity contribution < 1.29 is 41.8 Å². The van der Waals surface area contributed by atoms with Gasteiger partial charge in [-0.25, -0.2) is 32.5 Å². The number of carbonyl (C=O) groups is 4. The molecule has 3 N–H and O–H groups in total. The molecule has 0 aliphatic rings. The molecule has 0 atom stereocenters. The fourth-order valence-corrected chi connectivity index (χ4v) is 4.08. The van der Waals surface area contributed by atoms with E-state index in [9.17, 15) is 36.7 Å². The average Bonchev–Trinajstić information content (AvgIpc) is 3.04. The minimum atomic E-state index is -2.76. The minimum absolute atomic E-state index is 0.0297. The number of Topliss-reactive ketones (excluding diaryl/α,β-unsaturated/α-hetero) is 3. The second-order valence-corrected chi connectivity index (χ2v) is 11.5. The van der Waals surface area contributed by atoms with Crippen LogP contribution in [-0.2, 0) is 20.8 Å². The molecule has 0 spiro atoms. The number of hydrogen-bond donors (Lipinski definition) is 2. The number of fused-ring (bicyclic) bond motifs is 1. The first-order valence-electron chi connectivity index (χ1n) is 16.3. The number of rotatable bonds is 17. The number of ketones is 3. The van der Waals surface area contributed by atoms with Gasteiger partial charge in [-0.15, -0.1) is 0 Å². The van der Waals surface area contributed by atoms with Crippen molar-refractivity contribution in [3.63, 3.8) is 0 Å². The van der Waals surface area contributed by atoms with Crippen LogP contribution in [0.3, 0.4) is 0 Å². The summed E-state index contributed by atoms with van der Waals surface area (Å²) in [5.41, 5.74) is 7.29. The van der Waals surface area contributed by atoms with E-state index in [1.165, 1.54) is 20.8 Å². The first-order valence-corrected chi connectivity index (χ1v) is 16.3. The summed E-state index contributed by atoms with van der Waals surface area (Å²) in [5, 5.41) is 8.54. The number of aryl methyl sites for hydroxylation is 1. The molecule has 0 saturated carbocycles. The number of aliphatic hydroxyl groups excluding tert-OH is 1. The van der Waals surface area contributed by atoms with Gasteiger partial charge in [-0.05, 0) is 96.2 Å². The summed E-state index contributed by atoms with van der Waals surface area (Å²) in [6.45, 7) is 6.04. The number of anilines is 1. The monoisotopic (exact) mass is 694 g/mol. The van der Waals surface area contributed by atoms with E-state index >= 15 is 0 Å². The Bertz CT molecular complexity index is 1420. The largest absolute Gasteiger partial charge is 0.397 e. The van der Waals surface area contributed by atoms with Crippen LogP contribution in [-0.4, -0.2) is 62.1 Å². The molecule has 0 fully saturated rings. The lowest BCUT2D eigenvalue weighted by Gasteiger charge is -2.15. The molecule has 0 bridgehead atoms. The van der Waals surface area contributed by atoms with Crippen LogP contribution in [0.4, 0.5) is 23.4 Å². The van der Waals surface area contributed by atoms with Crippen molar-refractivity contribution in [3.8, 4) is 0 Å². The number of halogens is 4. The summed E-state index contributed by atoms with van der Waals surface area (Å²) in [5.74, 6) is -5.59. The van der Waals surface area contributed by atoms with Gasteiger partial charge in [0.1, 0.15) is 23.2 Å². The molecule has 272 valence electrons. The lowest BCUT2D eigenvalue weighted by atomic mass is 10.0. The minimum Gasteiger partial charge on any atom is -0.397 e. The lowest BCUT2D eigenvalue weighted by molar-refractivity contribution is -0.120. The van der Waals surface area contributed by atoms with Gasteiger partial charge < -0.3 is 25.2 Å². The molecule has 3 heterocycles. The number of hydrogen-bond acceptors (Lipinski definition) is 9. The molecule has 13 heteroatoms. The highest BCUT2D eigenvalue weighted by atomic mass is 19.3. The fourth-order valence-electron chi connectivity index (χ4n) is 4.08. The first-order chi connectivity index (χ1) is 23.1. The Hall–Kier alpha value is -4.13. The van der Waals surface area contributed by atoms with Crippen molar-refractivity contribution in [2.75, 3.05) is 12.3 Å². The van der Waals surface area contributed by atoms with Crippen LogP contribution >= 0.6 is 0 Å². The van der Waals surface area contributed by atoms with Crippen molar-refractivity contribution in [1.29, 1.82) is 0 Å². The van der Waals surface area contributed by atoms with Crippen LogP contribution in [0.2, 0.25) is 0 Å². The maximum absolute atomic E-state index is 13.5. The van der Waals surface area contributed by atoms with Gasteiger partial charge in [-0.1, -0.05) is 0 Å². The van der Waals surface area contributed by atoms with Crippen molar-refractivity contribution in [1.82, 2.24) is 15.0 Å². The van der Waals surface area contributed by atoms with E-state index in [4.69, 9.17) is 10.8 Å². The molecule has 9 nitrogen and oxygen atoms in total. The van der Waals surface area contributed by atoms with E-state index in [1.54, 1.807) is 31.5 Å². The predicted molar refractivity (Wildman–Crippen MR) is 183 cm³/mol. The number of aldehydes is 1. The highest BCUT2D eigenvalue weighted by Crippen LogP contribution is 2.28. The number of aromatic nitrogens is 3. The Morgan fingerprint density at radius 3 is 1.76 bits per heavy atom. The third-order valence-corrected chi connectivity index (χ3v) is 6.75. The molecule has 0 aliphatic heterocycles. The topological polar surface area (TPSA) is 153 Å². The molecule has 0 saturated heterocycles. The second kappa shape index (κ2) is 24.9. The number of nitrogen functional groups attached to an aromatic ring is 1. The Labute approximate surface area is 286 Å². The van der Waals surface area contributed by atoms with Crippen molar-refractivity contribution in [3.05, 3.63) is 60.0 Å². The molecule has 49 heavy (non-hydrogen) atoms. The Balaban J connectivity index is 0.000000735. The Kier molecular flexibility index (Phi) is 22.8. The normalized spacial score (nSPS) is 10.8. The number of pyridine rings is 3. The van der Waals surface area contributed by atoms with Gasteiger partial charge in [0.25, 0.3) is 0 Å². The number of nitrogens with zero attached hydrogens (tertiary/aromatic N) is 3. The molecule has 0 radical (unpaired) electrons. The van der Waals surface area contributed by atoms with Crippen LogP contribution in [0.1, 0.15) is 114 Å². The van der Waals surface area contributed by atoms with Crippen LogP contribution in [0.25, 0.3) is 11.0 Å². The standard InChI is InChI=1S/C17H20F2N2O.C11H18F2O2.C6H6N2O.C2H6O/c1-13(22)9-11-17(18,19)10-3-2-6-15-8-7-14-5-4-12-20-16(14)21-15;1-9(14)5-3-4-7-11(12,13)8-6-10(2)15;7-6-5(4-9)2-1-3-8-6;1-2-3/h4-5,7-8,12H,2-3,6,9-11H2,1H3;3-8H2,1-2H3;1-4H,(H2,7,8);3H,2H2,1H3. The SMILES string of the molecule is CC(=O)CCC(F)(F)CCCCc1ccc2cccnc2n1.CC(=O)CCCCC(F)(F)CCC(C)=O.CCO.Nc1ncccc1C=O. The number of alkyl halides is 4. The molecule has 0 unspecified atom stereocenters. The maximum Gasteiger partial charge on any atom is 0.248 e. The number of aliphatic hydroxyl groups is 1. The number of nitrogens with two attached hydrogens (primary N) is 1. The third kappa shape index (κ3) is 23.8. The lowest BCUT2D eigenvalue weighted by Crippen LogP contribution is -2.17. The van der Waals surface area contributed by atoms with Gasteiger partial charge in [0.15, 0.2) is 11.9 Å². The fraction of sp³-hybridized carbons (Fsp3) is 0.528. The van der Waals surface area contributed by atoms with Gasteiger partial charge in [0, 0.05) is 75.0 Å². The van der Waals surface area contributed by atoms with E-state index in [2.05, 4.69) is 15.0 Å². The summed E-state index contributed by atoms with van der Waals surface area (Å²) < 4.78 is 53.2. The van der Waals surface area contributed by atoms with E-state index < -0.39 is 11.8 Å². The van der Waals surface area contributed by atoms with E-state index in [0.717, 1.165) is 11.1 Å². The van der Waals surface area contributed by atoms with Crippen LogP contribution in [0.5, 0.6) is 0 Å². The summed E-state index contributed by atoms with van der Waals surface area (Å²) in [6, 6.07) is 10.9. The van der Waals surface area contributed by atoms with Gasteiger partial charge in [0.2, 0.25) is 11.8 Å². The predicted octanol–water partition coefficient (Wildman–Crippen LogP) is 7.96. The zero-order valence-electron chi connectivity index (χ0n) is 28.9. The Morgan fingerprint density at radius 1 is 0.755 bits per heavy atom. The third-order valence-electron chi connectivity index (χ3n) is 6.75. The van der Waals surface area contributed by atoms with Crippen LogP contribution in [0.15, 0.2) is 48.8 Å². The zero-order valence-corrected chi connectivity index (χ0v) is 28.9. The van der Waals surface area contributed by atoms with Crippen molar-refractivity contribution >= 4 is 40.5 Å². The molecular weight excluding hydrogens is 644 g/mol. The molecule has 0 aliphatic carbocycles. The molecular formula is C36H50F4N4O5. The zero-order chi connectivity index (χ0) is 37.3. The molecule has 3 aromatic rings. The second-order valence-electron chi connectivity index (χ2n) is 11.5. The number of unbranched alkanes of at least 4 members (excludes halogenated alkanes) is 2. The summed E-state index contributed by atoms with van der Waals surface area (Å²) in [6.07, 6.45) is 5.62. The van der Waals surface area contributed by atoms with Crippen molar-refractivity contribution in [2.45, 2.75) is 117 Å². The molecule has 3 aromatic heterocycles. The van der Waals surface area contributed by atoms with Gasteiger partial charge >= 0.3 is 0 Å². The molecule has 0 amide bonds. The molecule has 3 rings (SSSR count). The van der Waals surface area contributed by atoms with Crippen LogP contribution < -0.4 is 5.73 Å². The Morgan fingerprint density at radius 2 is 1.27 bits per heavy atom.